The van der Waals surface area contributed by atoms with Crippen LogP contribution in [-0.4, -0.2) is 35.7 Å². The normalized spacial score (nSPS) is 11.9. The highest BCUT2D eigenvalue weighted by Crippen LogP contribution is 2.27. The molecule has 0 aliphatic heterocycles. The van der Waals surface area contributed by atoms with Gasteiger partial charge < -0.3 is 20.9 Å². The number of amides is 1. The van der Waals surface area contributed by atoms with Crippen LogP contribution in [0.3, 0.4) is 0 Å². The minimum Gasteiger partial charge on any atom is -0.495 e. The van der Waals surface area contributed by atoms with Crippen molar-refractivity contribution in [2.45, 2.75) is 18.6 Å². The lowest BCUT2D eigenvalue weighted by Crippen LogP contribution is -2.23. The molecule has 0 saturated carbocycles. The average Bonchev–Trinajstić information content (AvgIpc) is 2.39. The Morgan fingerprint density at radius 3 is 2.95 bits per heavy atom. The molecule has 19 heavy (non-hydrogen) atoms. The highest BCUT2D eigenvalue weighted by Gasteiger charge is 2.15. The number of aliphatic hydroxyl groups is 1. The molecule has 6 heteroatoms. The Morgan fingerprint density at radius 2 is 2.32 bits per heavy atom. The maximum absolute atomic E-state index is 12.0. The van der Waals surface area contributed by atoms with Gasteiger partial charge in [0.2, 0.25) is 5.91 Å². The zero-order valence-corrected chi connectivity index (χ0v) is 12.0. The molecule has 1 aromatic carbocycles. The van der Waals surface area contributed by atoms with E-state index in [1.165, 1.54) is 11.8 Å². The monoisotopic (exact) mass is 284 g/mol. The first-order valence-corrected chi connectivity index (χ1v) is 7.10. The van der Waals surface area contributed by atoms with E-state index in [-0.39, 0.29) is 17.8 Å². The molecule has 1 unspecified atom stereocenters. The summed E-state index contributed by atoms with van der Waals surface area (Å²) in [4.78, 5) is 12.0. The lowest BCUT2D eigenvalue weighted by molar-refractivity contribution is -0.115. The van der Waals surface area contributed by atoms with E-state index in [1.54, 1.807) is 25.3 Å². The summed E-state index contributed by atoms with van der Waals surface area (Å²) >= 11 is 1.50. The van der Waals surface area contributed by atoms with Gasteiger partial charge >= 0.3 is 0 Å². The number of carbonyl (C=O) groups is 1. The Labute approximate surface area is 117 Å². The maximum Gasteiger partial charge on any atom is 0.237 e. The van der Waals surface area contributed by atoms with E-state index in [4.69, 9.17) is 15.6 Å². The van der Waals surface area contributed by atoms with Gasteiger partial charge in [-0.1, -0.05) is 0 Å². The van der Waals surface area contributed by atoms with Crippen LogP contribution in [0.5, 0.6) is 5.75 Å². The molecule has 0 fully saturated rings. The van der Waals surface area contributed by atoms with Crippen molar-refractivity contribution < 1.29 is 14.6 Å². The first kappa shape index (κ1) is 15.7. The Kier molecular flexibility index (Phi) is 6.52. The van der Waals surface area contributed by atoms with E-state index in [2.05, 4.69) is 5.32 Å². The predicted molar refractivity (Wildman–Crippen MR) is 79.7 cm³/mol. The number of benzene rings is 1. The molecule has 5 nitrogen and oxygen atoms in total. The first-order chi connectivity index (χ1) is 9.08. The number of nitrogen functional groups attached to an aromatic ring is 1. The third-order valence-electron chi connectivity index (χ3n) is 2.52. The van der Waals surface area contributed by atoms with Gasteiger partial charge in [-0.15, -0.1) is 11.8 Å². The van der Waals surface area contributed by atoms with E-state index in [0.717, 1.165) is 5.75 Å². The largest absolute Gasteiger partial charge is 0.495 e. The third-order valence-corrected chi connectivity index (χ3v) is 3.76. The van der Waals surface area contributed by atoms with Crippen LogP contribution in [0.4, 0.5) is 11.4 Å². The quantitative estimate of drug-likeness (QED) is 0.524. The maximum atomic E-state index is 12.0. The number of ether oxygens (including phenoxy) is 1. The molecule has 0 heterocycles. The van der Waals surface area contributed by atoms with Gasteiger partial charge in [0.1, 0.15) is 5.75 Å². The van der Waals surface area contributed by atoms with Crippen molar-refractivity contribution in [2.75, 3.05) is 30.5 Å². The standard InChI is InChI=1S/C13H20N2O3S/c1-9(19-7-3-6-16)13(17)15-11-8-10(14)4-5-12(11)18-2/h4-5,8-9,16H,3,6-7,14H2,1-2H3,(H,15,17). The van der Waals surface area contributed by atoms with Crippen LogP contribution >= 0.6 is 11.8 Å². The lowest BCUT2D eigenvalue weighted by Gasteiger charge is -2.14. The smallest absolute Gasteiger partial charge is 0.237 e. The fourth-order valence-electron chi connectivity index (χ4n) is 1.46. The molecule has 0 bridgehead atoms. The molecule has 0 spiro atoms. The van der Waals surface area contributed by atoms with Crippen molar-refractivity contribution in [1.29, 1.82) is 0 Å². The second kappa shape index (κ2) is 7.91. The lowest BCUT2D eigenvalue weighted by atomic mass is 10.2. The van der Waals surface area contributed by atoms with Crippen molar-refractivity contribution in [3.63, 3.8) is 0 Å². The highest BCUT2D eigenvalue weighted by atomic mass is 32.2. The SMILES string of the molecule is COc1ccc(N)cc1NC(=O)C(C)SCCCO. The van der Waals surface area contributed by atoms with E-state index in [9.17, 15) is 4.79 Å². The zero-order chi connectivity index (χ0) is 14.3. The molecule has 0 saturated heterocycles. The topological polar surface area (TPSA) is 84.6 Å². The fourth-order valence-corrected chi connectivity index (χ4v) is 2.32. The first-order valence-electron chi connectivity index (χ1n) is 6.05. The van der Waals surface area contributed by atoms with Gasteiger partial charge in [-0.05, 0) is 37.3 Å². The molecule has 0 aliphatic carbocycles. The molecule has 0 radical (unpaired) electrons. The van der Waals surface area contributed by atoms with Crippen molar-refractivity contribution >= 4 is 29.0 Å². The predicted octanol–water partition coefficient (Wildman–Crippen LogP) is 1.72. The number of anilines is 2. The van der Waals surface area contributed by atoms with Crippen LogP contribution in [0.15, 0.2) is 18.2 Å². The van der Waals surface area contributed by atoms with Gasteiger partial charge in [-0.3, -0.25) is 4.79 Å². The Morgan fingerprint density at radius 1 is 1.58 bits per heavy atom. The molecule has 0 aliphatic rings. The van der Waals surface area contributed by atoms with Crippen LogP contribution in [0.2, 0.25) is 0 Å². The number of thioether (sulfide) groups is 1. The molecule has 1 rings (SSSR count). The Hall–Kier alpha value is -1.40. The van der Waals surface area contributed by atoms with E-state index in [1.807, 2.05) is 6.92 Å². The summed E-state index contributed by atoms with van der Waals surface area (Å²) in [7, 11) is 1.54. The summed E-state index contributed by atoms with van der Waals surface area (Å²) in [5.74, 6) is 1.22. The zero-order valence-electron chi connectivity index (χ0n) is 11.2. The summed E-state index contributed by atoms with van der Waals surface area (Å²) in [6, 6.07) is 5.10. The fraction of sp³-hybridized carbons (Fsp3) is 0.462. The van der Waals surface area contributed by atoms with Crippen molar-refractivity contribution in [2.24, 2.45) is 0 Å². The number of hydrogen-bond donors (Lipinski definition) is 3. The van der Waals surface area contributed by atoms with Gasteiger partial charge in [0, 0.05) is 12.3 Å². The van der Waals surface area contributed by atoms with Crippen LogP contribution in [0.1, 0.15) is 13.3 Å². The minimum absolute atomic E-state index is 0.105. The number of methoxy groups -OCH3 is 1. The van der Waals surface area contributed by atoms with Gasteiger partial charge in [-0.25, -0.2) is 0 Å². The minimum atomic E-state index is -0.197. The summed E-state index contributed by atoms with van der Waals surface area (Å²) < 4.78 is 5.17. The van der Waals surface area contributed by atoms with Gasteiger partial charge in [0.25, 0.3) is 0 Å². The molecule has 106 valence electrons. The summed E-state index contributed by atoms with van der Waals surface area (Å²) in [6.45, 7) is 1.97. The second-order valence-electron chi connectivity index (χ2n) is 4.04. The molecule has 1 aromatic rings. The van der Waals surface area contributed by atoms with Gasteiger partial charge in [0.05, 0.1) is 18.0 Å². The summed E-state index contributed by atoms with van der Waals surface area (Å²) in [5.41, 5.74) is 6.83. The van der Waals surface area contributed by atoms with Crippen molar-refractivity contribution in [3.8, 4) is 5.75 Å². The van der Waals surface area contributed by atoms with Crippen LogP contribution in [0.25, 0.3) is 0 Å². The van der Waals surface area contributed by atoms with Crippen LogP contribution in [-0.2, 0) is 4.79 Å². The van der Waals surface area contributed by atoms with Crippen LogP contribution in [0, 0.1) is 0 Å². The van der Waals surface area contributed by atoms with E-state index >= 15 is 0 Å². The van der Waals surface area contributed by atoms with E-state index in [0.29, 0.717) is 23.5 Å². The number of aliphatic hydroxyl groups excluding tert-OH is 1. The molecule has 4 N–H and O–H groups in total. The number of carbonyl (C=O) groups excluding carboxylic acids is 1. The highest BCUT2D eigenvalue weighted by molar-refractivity contribution is 8.00. The number of hydrogen-bond acceptors (Lipinski definition) is 5. The molecule has 1 amide bonds. The number of nitrogens with two attached hydrogens (primary N) is 1. The van der Waals surface area contributed by atoms with Gasteiger partial charge in [0.15, 0.2) is 0 Å². The van der Waals surface area contributed by atoms with E-state index < -0.39 is 0 Å². The molecular weight excluding hydrogens is 264 g/mol. The summed E-state index contributed by atoms with van der Waals surface area (Å²) in [5, 5.41) is 11.3. The second-order valence-corrected chi connectivity index (χ2v) is 5.49. The Bertz CT molecular complexity index is 426. The molecular formula is C13H20N2O3S. The van der Waals surface area contributed by atoms with Crippen molar-refractivity contribution in [3.05, 3.63) is 18.2 Å². The summed E-state index contributed by atoms with van der Waals surface area (Å²) in [6.07, 6.45) is 0.684. The van der Waals surface area contributed by atoms with Crippen LogP contribution < -0.4 is 15.8 Å². The molecule has 1 atom stereocenters. The average molecular weight is 284 g/mol. The van der Waals surface area contributed by atoms with Gasteiger partial charge in [-0.2, -0.15) is 0 Å². The number of nitrogens with one attached hydrogen (secondary N) is 1. The molecule has 0 aromatic heterocycles. The Balaban J connectivity index is 2.63. The number of rotatable bonds is 7. The van der Waals surface area contributed by atoms with Crippen molar-refractivity contribution in [1.82, 2.24) is 0 Å². The third kappa shape index (κ3) is 5.00.